The molecule has 6 heteroatoms. The highest BCUT2D eigenvalue weighted by Gasteiger charge is 2.42. The van der Waals surface area contributed by atoms with Crippen LogP contribution in [0.3, 0.4) is 0 Å². The molecule has 37 heavy (non-hydrogen) atoms. The van der Waals surface area contributed by atoms with Gasteiger partial charge in [0, 0.05) is 6.54 Å². The quantitative estimate of drug-likeness (QED) is 0.283. The summed E-state index contributed by atoms with van der Waals surface area (Å²) in [6.45, 7) is 5.35. The van der Waals surface area contributed by atoms with Crippen LogP contribution >= 0.6 is 0 Å². The average molecular weight is 498 g/mol. The molecule has 4 aromatic rings. The number of methoxy groups -OCH3 is 1. The lowest BCUT2D eigenvalue weighted by Crippen LogP contribution is -2.31. The van der Waals surface area contributed by atoms with Gasteiger partial charge in [-0.3, -0.25) is 9.59 Å². The van der Waals surface area contributed by atoms with E-state index in [1.807, 2.05) is 54.6 Å². The first kappa shape index (κ1) is 24.6. The van der Waals surface area contributed by atoms with Gasteiger partial charge in [-0.15, -0.1) is 0 Å². The highest BCUT2D eigenvalue weighted by atomic mass is 16.5. The summed E-state index contributed by atoms with van der Waals surface area (Å²) >= 11 is 0. The Morgan fingerprint density at radius 1 is 0.946 bits per heavy atom. The van der Waals surface area contributed by atoms with Crippen LogP contribution in [0.2, 0.25) is 0 Å². The number of para-hydroxylation sites is 1. The molecule has 0 radical (unpaired) electrons. The van der Waals surface area contributed by atoms with Gasteiger partial charge < -0.3 is 18.8 Å². The number of fused-ring (bicyclic) bond motifs is 2. The first-order chi connectivity index (χ1) is 18.0. The predicted molar refractivity (Wildman–Crippen MR) is 143 cm³/mol. The summed E-state index contributed by atoms with van der Waals surface area (Å²) in [6, 6.07) is 22.0. The molecule has 3 aromatic carbocycles. The summed E-state index contributed by atoms with van der Waals surface area (Å²) in [6.07, 6.45) is 1.57. The average Bonchev–Trinajstić information content (AvgIpc) is 3.19. The molecule has 0 spiro atoms. The Morgan fingerprint density at radius 3 is 2.49 bits per heavy atom. The van der Waals surface area contributed by atoms with Crippen molar-refractivity contribution in [3.05, 3.63) is 105 Å². The van der Waals surface area contributed by atoms with Crippen LogP contribution in [0.25, 0.3) is 11.0 Å². The number of rotatable bonds is 9. The maximum Gasteiger partial charge on any atom is 0.290 e. The van der Waals surface area contributed by atoms with Crippen molar-refractivity contribution in [1.29, 1.82) is 0 Å². The highest BCUT2D eigenvalue weighted by Crippen LogP contribution is 2.39. The minimum Gasteiger partial charge on any atom is -0.497 e. The summed E-state index contributed by atoms with van der Waals surface area (Å²) in [5, 5.41) is 0.473. The maximum atomic E-state index is 13.7. The van der Waals surface area contributed by atoms with Gasteiger partial charge in [-0.2, -0.15) is 0 Å². The number of hydrogen-bond donors (Lipinski definition) is 0. The molecule has 0 N–H and O–H groups in total. The summed E-state index contributed by atoms with van der Waals surface area (Å²) < 4.78 is 17.3. The van der Waals surface area contributed by atoms with E-state index in [-0.39, 0.29) is 17.1 Å². The molecule has 6 nitrogen and oxygen atoms in total. The molecule has 1 aromatic heterocycles. The van der Waals surface area contributed by atoms with E-state index < -0.39 is 6.04 Å². The normalized spacial score (nSPS) is 14.9. The standard InChI is InChI=1S/C31H31NO5/c1-20(2)16-18-36-24-8-6-7-22(19-24)28-27-29(33)25-9-4-5-10-26(25)37-30(27)31(34)32(28)17-15-21-11-13-23(35-3)14-12-21/h4-14,19-20,28H,15-18H2,1-3H3/t28-/m0/s1. The number of carbonyl (C=O) groups is 1. The van der Waals surface area contributed by atoms with Gasteiger partial charge in [0.25, 0.3) is 5.91 Å². The molecule has 190 valence electrons. The Hall–Kier alpha value is -4.06. The van der Waals surface area contributed by atoms with Crippen molar-refractivity contribution < 1.29 is 18.7 Å². The molecule has 0 bridgehead atoms. The van der Waals surface area contributed by atoms with Crippen molar-refractivity contribution in [2.24, 2.45) is 5.92 Å². The van der Waals surface area contributed by atoms with Crippen LogP contribution in [0.15, 0.2) is 82.0 Å². The van der Waals surface area contributed by atoms with E-state index in [9.17, 15) is 9.59 Å². The van der Waals surface area contributed by atoms with Crippen LogP contribution in [-0.2, 0) is 6.42 Å². The lowest BCUT2D eigenvalue weighted by Gasteiger charge is -2.25. The van der Waals surface area contributed by atoms with Crippen LogP contribution in [0.1, 0.15) is 53.6 Å². The van der Waals surface area contributed by atoms with E-state index in [0.29, 0.717) is 42.0 Å². The molecule has 1 aliphatic rings. The summed E-state index contributed by atoms with van der Waals surface area (Å²) in [5.74, 6) is 1.88. The summed E-state index contributed by atoms with van der Waals surface area (Å²) in [7, 11) is 1.63. The number of benzene rings is 3. The van der Waals surface area contributed by atoms with Gasteiger partial charge in [-0.1, -0.05) is 50.2 Å². The third-order valence-corrected chi connectivity index (χ3v) is 6.81. The predicted octanol–water partition coefficient (Wildman–Crippen LogP) is 6.01. The van der Waals surface area contributed by atoms with Crippen LogP contribution < -0.4 is 14.9 Å². The SMILES string of the molecule is COc1ccc(CCN2C(=O)c3oc4ccccc4c(=O)c3[C@@H]2c2cccc(OCCC(C)C)c2)cc1. The lowest BCUT2D eigenvalue weighted by atomic mass is 9.98. The van der Waals surface area contributed by atoms with Gasteiger partial charge in [0.2, 0.25) is 5.76 Å². The third kappa shape index (κ3) is 4.96. The number of nitrogens with zero attached hydrogens (tertiary/aromatic N) is 1. The number of amides is 1. The van der Waals surface area contributed by atoms with Crippen LogP contribution in [0.5, 0.6) is 11.5 Å². The number of carbonyl (C=O) groups excluding carboxylic acids is 1. The largest absolute Gasteiger partial charge is 0.497 e. The third-order valence-electron chi connectivity index (χ3n) is 6.81. The van der Waals surface area contributed by atoms with Crippen molar-refractivity contribution >= 4 is 16.9 Å². The fourth-order valence-electron chi connectivity index (χ4n) is 4.77. The van der Waals surface area contributed by atoms with Gasteiger partial charge in [0.15, 0.2) is 5.43 Å². The molecule has 1 atom stereocenters. The maximum absolute atomic E-state index is 13.7. The van der Waals surface area contributed by atoms with Crippen molar-refractivity contribution in [2.45, 2.75) is 32.7 Å². The first-order valence-electron chi connectivity index (χ1n) is 12.7. The second-order valence-electron chi connectivity index (χ2n) is 9.77. The zero-order valence-corrected chi connectivity index (χ0v) is 21.4. The van der Waals surface area contributed by atoms with E-state index >= 15 is 0 Å². The molecule has 0 saturated carbocycles. The monoisotopic (exact) mass is 497 g/mol. The molecule has 0 fully saturated rings. The van der Waals surface area contributed by atoms with E-state index in [1.165, 1.54) is 0 Å². The van der Waals surface area contributed by atoms with Gasteiger partial charge in [0.1, 0.15) is 17.1 Å². The van der Waals surface area contributed by atoms with Crippen LogP contribution in [0.4, 0.5) is 0 Å². The zero-order chi connectivity index (χ0) is 25.9. The Bertz CT molecular complexity index is 1470. The molecule has 1 aliphatic heterocycles. The van der Waals surface area contributed by atoms with E-state index in [2.05, 4.69) is 13.8 Å². The smallest absolute Gasteiger partial charge is 0.290 e. The van der Waals surface area contributed by atoms with Gasteiger partial charge in [-0.05, 0) is 66.3 Å². The summed E-state index contributed by atoms with van der Waals surface area (Å²) in [4.78, 5) is 29.1. The van der Waals surface area contributed by atoms with Gasteiger partial charge in [0.05, 0.1) is 30.7 Å². The molecule has 0 unspecified atom stereocenters. The Balaban J connectivity index is 1.53. The first-order valence-corrected chi connectivity index (χ1v) is 12.7. The molecular formula is C31H31NO5. The molecular weight excluding hydrogens is 466 g/mol. The minimum atomic E-state index is -0.560. The van der Waals surface area contributed by atoms with Crippen molar-refractivity contribution in [3.63, 3.8) is 0 Å². The second-order valence-corrected chi connectivity index (χ2v) is 9.77. The Labute approximate surface area is 216 Å². The van der Waals surface area contributed by atoms with Gasteiger partial charge >= 0.3 is 0 Å². The second kappa shape index (κ2) is 10.5. The van der Waals surface area contributed by atoms with E-state index in [4.69, 9.17) is 13.9 Å². The van der Waals surface area contributed by atoms with E-state index in [0.717, 1.165) is 29.0 Å². The molecule has 5 rings (SSSR count). The summed E-state index contributed by atoms with van der Waals surface area (Å²) in [5.41, 5.74) is 2.53. The number of ether oxygens (including phenoxy) is 2. The number of hydrogen-bond acceptors (Lipinski definition) is 5. The van der Waals surface area contributed by atoms with Crippen LogP contribution in [-0.4, -0.2) is 31.1 Å². The Kier molecular flexibility index (Phi) is 6.99. The molecule has 1 amide bonds. The Morgan fingerprint density at radius 2 is 1.73 bits per heavy atom. The highest BCUT2D eigenvalue weighted by molar-refractivity contribution is 5.99. The van der Waals surface area contributed by atoms with Crippen molar-refractivity contribution in [2.75, 3.05) is 20.3 Å². The fraction of sp³-hybridized carbons (Fsp3) is 0.290. The van der Waals surface area contributed by atoms with Crippen molar-refractivity contribution in [1.82, 2.24) is 4.90 Å². The minimum absolute atomic E-state index is 0.120. The van der Waals surface area contributed by atoms with Crippen LogP contribution in [0, 0.1) is 5.92 Å². The molecule has 0 aliphatic carbocycles. The zero-order valence-electron chi connectivity index (χ0n) is 21.4. The topological polar surface area (TPSA) is 69.0 Å². The van der Waals surface area contributed by atoms with Crippen molar-refractivity contribution in [3.8, 4) is 11.5 Å². The molecule has 2 heterocycles. The fourth-order valence-corrected chi connectivity index (χ4v) is 4.77. The molecule has 0 saturated heterocycles. The van der Waals surface area contributed by atoms with Gasteiger partial charge in [-0.25, -0.2) is 0 Å². The lowest BCUT2D eigenvalue weighted by molar-refractivity contribution is 0.0729. The van der Waals surface area contributed by atoms with E-state index in [1.54, 1.807) is 30.2 Å².